The monoisotopic (exact) mass is 326 g/mol. The number of thiophene rings is 1. The molecule has 0 saturated heterocycles. The molecule has 3 heterocycles. The lowest BCUT2D eigenvalue weighted by Crippen LogP contribution is -2.28. The molecule has 0 atom stereocenters. The highest BCUT2D eigenvalue weighted by atomic mass is 32.1. The highest BCUT2D eigenvalue weighted by Crippen LogP contribution is 2.27. The molecule has 0 aliphatic rings. The number of hydrogen-bond donors (Lipinski definition) is 0. The number of halogens is 3. The van der Waals surface area contributed by atoms with Crippen molar-refractivity contribution in [2.75, 3.05) is 0 Å². The van der Waals surface area contributed by atoms with E-state index in [9.17, 15) is 18.0 Å². The van der Waals surface area contributed by atoms with Gasteiger partial charge in [-0.25, -0.2) is 4.98 Å². The number of aromatic nitrogens is 2. The predicted octanol–water partition coefficient (Wildman–Crippen LogP) is 3.63. The van der Waals surface area contributed by atoms with Gasteiger partial charge in [0, 0.05) is 6.20 Å². The second kappa shape index (κ2) is 5.45. The van der Waals surface area contributed by atoms with Gasteiger partial charge in [0.25, 0.3) is 5.56 Å². The molecule has 0 saturated carbocycles. The van der Waals surface area contributed by atoms with Crippen LogP contribution in [0.1, 0.15) is 11.5 Å². The van der Waals surface area contributed by atoms with Crippen LogP contribution < -0.4 is 5.56 Å². The van der Waals surface area contributed by atoms with E-state index in [1.165, 1.54) is 29.8 Å². The molecular formula is C14H9F3N2O2S. The van der Waals surface area contributed by atoms with Crippen LogP contribution in [0, 0.1) is 0 Å². The van der Waals surface area contributed by atoms with Crippen molar-refractivity contribution < 1.29 is 17.6 Å². The zero-order valence-electron chi connectivity index (χ0n) is 11.0. The predicted molar refractivity (Wildman–Crippen MR) is 74.6 cm³/mol. The first-order chi connectivity index (χ1) is 10.4. The van der Waals surface area contributed by atoms with Crippen molar-refractivity contribution in [3.63, 3.8) is 0 Å². The Kier molecular flexibility index (Phi) is 3.61. The fraction of sp³-hybridized carbons (Fsp3) is 0.143. The summed E-state index contributed by atoms with van der Waals surface area (Å²) in [6, 6.07) is 5.61. The van der Waals surface area contributed by atoms with E-state index in [-0.39, 0.29) is 12.4 Å². The van der Waals surface area contributed by atoms with Crippen molar-refractivity contribution in [3.05, 3.63) is 63.8 Å². The quantitative estimate of drug-likeness (QED) is 0.738. The van der Waals surface area contributed by atoms with Crippen LogP contribution in [0.2, 0.25) is 0 Å². The van der Waals surface area contributed by atoms with Crippen molar-refractivity contribution in [3.8, 4) is 10.6 Å². The number of hydrogen-bond acceptors (Lipinski definition) is 4. The molecule has 0 N–H and O–H groups in total. The number of nitrogens with zero attached hydrogens (tertiary/aromatic N) is 2. The fourth-order valence-corrected chi connectivity index (χ4v) is 2.61. The lowest BCUT2D eigenvalue weighted by Gasteiger charge is -2.08. The Labute approximate surface area is 126 Å². The second-order valence-electron chi connectivity index (χ2n) is 4.45. The maximum atomic E-state index is 12.7. The van der Waals surface area contributed by atoms with Gasteiger partial charge in [-0.1, -0.05) is 6.07 Å². The molecule has 4 nitrogen and oxygen atoms in total. The van der Waals surface area contributed by atoms with Gasteiger partial charge in [-0.05, 0) is 23.6 Å². The van der Waals surface area contributed by atoms with Crippen LogP contribution in [0.15, 0.2) is 51.3 Å². The molecule has 0 bridgehead atoms. The molecular weight excluding hydrogens is 317 g/mol. The summed E-state index contributed by atoms with van der Waals surface area (Å²) in [4.78, 5) is 16.7. The molecule has 3 aromatic heterocycles. The molecule has 0 aliphatic heterocycles. The smallest absolute Gasteiger partial charge is 0.421 e. The Morgan fingerprint density at radius 3 is 2.77 bits per heavy atom. The summed E-state index contributed by atoms with van der Waals surface area (Å²) in [6.07, 6.45) is -1.93. The SMILES string of the molecule is O=c1c(C(F)(F)F)cccn1Cc1ncc(-c2cccs2)o1. The Morgan fingerprint density at radius 2 is 2.09 bits per heavy atom. The topological polar surface area (TPSA) is 48.0 Å². The summed E-state index contributed by atoms with van der Waals surface area (Å²) in [7, 11) is 0. The average molecular weight is 326 g/mol. The van der Waals surface area contributed by atoms with Gasteiger partial charge >= 0.3 is 6.18 Å². The van der Waals surface area contributed by atoms with Gasteiger partial charge in [-0.2, -0.15) is 13.2 Å². The van der Waals surface area contributed by atoms with E-state index in [4.69, 9.17) is 4.42 Å². The van der Waals surface area contributed by atoms with E-state index >= 15 is 0 Å². The maximum Gasteiger partial charge on any atom is 0.421 e. The van der Waals surface area contributed by atoms with Crippen molar-refractivity contribution in [1.82, 2.24) is 9.55 Å². The molecule has 8 heteroatoms. The number of pyridine rings is 1. The molecule has 114 valence electrons. The minimum Gasteiger partial charge on any atom is -0.438 e. The standard InChI is InChI=1S/C14H9F3N2O2S/c15-14(16,17)9-3-1-5-19(13(9)20)8-12-18-7-10(21-12)11-4-2-6-22-11/h1-7H,8H2. The van der Waals surface area contributed by atoms with Crippen molar-refractivity contribution in [1.29, 1.82) is 0 Å². The fourth-order valence-electron chi connectivity index (χ4n) is 1.94. The molecule has 0 aromatic carbocycles. The minimum atomic E-state index is -4.68. The molecule has 0 unspecified atom stereocenters. The van der Waals surface area contributed by atoms with E-state index in [2.05, 4.69) is 4.98 Å². The molecule has 0 radical (unpaired) electrons. The Bertz CT molecular complexity index is 834. The highest BCUT2D eigenvalue weighted by Gasteiger charge is 2.34. The van der Waals surface area contributed by atoms with Gasteiger partial charge in [0.15, 0.2) is 5.76 Å². The summed E-state index contributed by atoms with van der Waals surface area (Å²) in [6.45, 7) is -0.159. The molecule has 3 rings (SSSR count). The van der Waals surface area contributed by atoms with Crippen LogP contribution in [-0.4, -0.2) is 9.55 Å². The molecule has 0 fully saturated rings. The lowest BCUT2D eigenvalue weighted by atomic mass is 10.2. The molecule has 0 spiro atoms. The summed E-state index contributed by atoms with van der Waals surface area (Å²) in [5.74, 6) is 0.690. The average Bonchev–Trinajstić information content (AvgIpc) is 3.10. The van der Waals surface area contributed by atoms with Crippen LogP contribution in [0.3, 0.4) is 0 Å². The number of alkyl halides is 3. The third kappa shape index (κ3) is 2.82. The van der Waals surface area contributed by atoms with Gasteiger partial charge in [-0.3, -0.25) is 4.79 Å². The summed E-state index contributed by atoms with van der Waals surface area (Å²) < 4.78 is 44.5. The Morgan fingerprint density at radius 1 is 1.27 bits per heavy atom. The van der Waals surface area contributed by atoms with Gasteiger partial charge < -0.3 is 8.98 Å². The van der Waals surface area contributed by atoms with E-state index in [1.54, 1.807) is 0 Å². The first kappa shape index (κ1) is 14.6. The van der Waals surface area contributed by atoms with Crippen molar-refractivity contribution >= 4 is 11.3 Å². The number of oxazole rings is 1. The molecule has 22 heavy (non-hydrogen) atoms. The van der Waals surface area contributed by atoms with Gasteiger partial charge in [-0.15, -0.1) is 11.3 Å². The van der Waals surface area contributed by atoms with Crippen molar-refractivity contribution in [2.24, 2.45) is 0 Å². The minimum absolute atomic E-state index is 0.159. The number of rotatable bonds is 3. The first-order valence-corrected chi connectivity index (χ1v) is 7.08. The molecule has 3 aromatic rings. The molecule has 0 amide bonds. The Hall–Kier alpha value is -2.35. The highest BCUT2D eigenvalue weighted by molar-refractivity contribution is 7.13. The first-order valence-electron chi connectivity index (χ1n) is 6.20. The van der Waals surface area contributed by atoms with Crippen LogP contribution in [-0.2, 0) is 12.7 Å². The van der Waals surface area contributed by atoms with Crippen molar-refractivity contribution in [2.45, 2.75) is 12.7 Å². The van der Waals surface area contributed by atoms with E-state index in [1.807, 2.05) is 17.5 Å². The van der Waals surface area contributed by atoms with Crippen LogP contribution in [0.4, 0.5) is 13.2 Å². The van der Waals surface area contributed by atoms with Crippen LogP contribution >= 0.6 is 11.3 Å². The summed E-state index contributed by atoms with van der Waals surface area (Å²) >= 11 is 1.45. The van der Waals surface area contributed by atoms with Gasteiger partial charge in [0.1, 0.15) is 12.1 Å². The largest absolute Gasteiger partial charge is 0.438 e. The van der Waals surface area contributed by atoms with Crippen LogP contribution in [0.25, 0.3) is 10.6 Å². The van der Waals surface area contributed by atoms with Crippen LogP contribution in [0.5, 0.6) is 0 Å². The molecule has 0 aliphatic carbocycles. The zero-order chi connectivity index (χ0) is 15.7. The van der Waals surface area contributed by atoms with Gasteiger partial charge in [0.05, 0.1) is 11.1 Å². The summed E-state index contributed by atoms with van der Waals surface area (Å²) in [5.41, 5.74) is -2.33. The second-order valence-corrected chi connectivity index (χ2v) is 5.40. The third-order valence-electron chi connectivity index (χ3n) is 2.95. The normalized spacial score (nSPS) is 11.8. The lowest BCUT2D eigenvalue weighted by molar-refractivity contribution is -0.138. The van der Waals surface area contributed by atoms with E-state index in [0.29, 0.717) is 5.76 Å². The zero-order valence-corrected chi connectivity index (χ0v) is 11.8. The Balaban J connectivity index is 1.90. The summed E-state index contributed by atoms with van der Waals surface area (Å²) in [5, 5.41) is 1.87. The van der Waals surface area contributed by atoms with E-state index in [0.717, 1.165) is 15.5 Å². The van der Waals surface area contributed by atoms with E-state index < -0.39 is 17.3 Å². The van der Waals surface area contributed by atoms with Gasteiger partial charge in [0.2, 0.25) is 5.89 Å². The third-order valence-corrected chi connectivity index (χ3v) is 3.83. The maximum absolute atomic E-state index is 12.7.